The average Bonchev–Trinajstić information content (AvgIpc) is 2.68. The normalized spacial score (nSPS) is 16.3. The van der Waals surface area contributed by atoms with Crippen LogP contribution in [0.2, 0.25) is 0 Å². The lowest BCUT2D eigenvalue weighted by atomic mass is 10.2. The Labute approximate surface area is 165 Å². The van der Waals surface area contributed by atoms with Gasteiger partial charge in [-0.2, -0.15) is 0 Å². The van der Waals surface area contributed by atoms with E-state index in [1.165, 1.54) is 4.31 Å². The van der Waals surface area contributed by atoms with E-state index < -0.39 is 22.0 Å². The van der Waals surface area contributed by atoms with Crippen LogP contribution in [0.25, 0.3) is 0 Å². The summed E-state index contributed by atoms with van der Waals surface area (Å²) in [6.07, 6.45) is -1.04. The molecular formula is C20H24N2O5S. The first kappa shape index (κ1) is 20.0. The summed E-state index contributed by atoms with van der Waals surface area (Å²) >= 11 is 0. The van der Waals surface area contributed by atoms with Gasteiger partial charge in [0.1, 0.15) is 11.5 Å². The van der Waals surface area contributed by atoms with Gasteiger partial charge in [0, 0.05) is 0 Å². The van der Waals surface area contributed by atoms with Crippen molar-refractivity contribution in [3.63, 3.8) is 0 Å². The lowest BCUT2D eigenvalue weighted by molar-refractivity contribution is -0.122. The van der Waals surface area contributed by atoms with Gasteiger partial charge in [-0.15, -0.1) is 0 Å². The van der Waals surface area contributed by atoms with Crippen molar-refractivity contribution in [1.82, 2.24) is 0 Å². The van der Waals surface area contributed by atoms with Crippen LogP contribution in [0.1, 0.15) is 20.8 Å². The second-order valence-corrected chi connectivity index (χ2v) is 8.84. The van der Waals surface area contributed by atoms with Crippen LogP contribution >= 0.6 is 0 Å². The van der Waals surface area contributed by atoms with E-state index in [1.807, 2.05) is 19.9 Å². The Hall–Kier alpha value is -2.74. The first-order valence-corrected chi connectivity index (χ1v) is 10.8. The summed E-state index contributed by atoms with van der Waals surface area (Å²) in [5.41, 5.74) is 0.950. The molecule has 1 heterocycles. The largest absolute Gasteiger partial charge is 0.489 e. The summed E-state index contributed by atoms with van der Waals surface area (Å²) < 4.78 is 37.8. The number of sulfonamides is 1. The summed E-state index contributed by atoms with van der Waals surface area (Å²) in [4.78, 5) is 12.9. The third kappa shape index (κ3) is 4.22. The first-order chi connectivity index (χ1) is 13.3. The predicted molar refractivity (Wildman–Crippen MR) is 109 cm³/mol. The zero-order chi connectivity index (χ0) is 20.3. The minimum absolute atomic E-state index is 0.0546. The molecule has 0 fully saturated rings. The molecule has 1 atom stereocenters. The first-order valence-electron chi connectivity index (χ1n) is 9.14. The molecule has 1 aliphatic heterocycles. The Morgan fingerprint density at radius 1 is 1.21 bits per heavy atom. The SMILES string of the molecule is CCS(=O)(=O)N1CC(C(=O)Nc2ccccc2OC(C)C)Oc2ccccc21. The lowest BCUT2D eigenvalue weighted by Gasteiger charge is -2.34. The summed E-state index contributed by atoms with van der Waals surface area (Å²) in [7, 11) is -3.55. The molecule has 150 valence electrons. The van der Waals surface area contributed by atoms with Gasteiger partial charge in [0.15, 0.2) is 6.10 Å². The highest BCUT2D eigenvalue weighted by Crippen LogP contribution is 2.35. The maximum absolute atomic E-state index is 12.9. The number of ether oxygens (including phenoxy) is 2. The third-order valence-corrected chi connectivity index (χ3v) is 5.98. The fourth-order valence-electron chi connectivity index (χ4n) is 2.90. The Kier molecular flexibility index (Phi) is 5.79. The van der Waals surface area contributed by atoms with Crippen molar-refractivity contribution >= 4 is 27.3 Å². The molecule has 0 aliphatic carbocycles. The smallest absolute Gasteiger partial charge is 0.267 e. The summed E-state index contributed by atoms with van der Waals surface area (Å²) in [5.74, 6) is 0.393. The molecular weight excluding hydrogens is 380 g/mol. The Bertz CT molecular complexity index is 959. The molecule has 0 radical (unpaired) electrons. The maximum Gasteiger partial charge on any atom is 0.267 e. The number of anilines is 2. The molecule has 2 aromatic carbocycles. The highest BCUT2D eigenvalue weighted by atomic mass is 32.2. The number of para-hydroxylation sites is 4. The molecule has 3 rings (SSSR count). The van der Waals surface area contributed by atoms with Crippen molar-refractivity contribution in [1.29, 1.82) is 0 Å². The van der Waals surface area contributed by atoms with E-state index in [-0.39, 0.29) is 18.4 Å². The molecule has 8 heteroatoms. The summed E-state index contributed by atoms with van der Waals surface area (Å²) in [5, 5.41) is 2.80. The Balaban J connectivity index is 1.86. The number of hydrogen-bond donors (Lipinski definition) is 1. The molecule has 0 spiro atoms. The van der Waals surface area contributed by atoms with Gasteiger partial charge in [-0.1, -0.05) is 24.3 Å². The number of hydrogen-bond acceptors (Lipinski definition) is 5. The fraction of sp³-hybridized carbons (Fsp3) is 0.350. The van der Waals surface area contributed by atoms with Crippen LogP contribution < -0.4 is 19.1 Å². The molecule has 0 aromatic heterocycles. The summed E-state index contributed by atoms with van der Waals surface area (Å²) in [6, 6.07) is 13.9. The molecule has 0 saturated carbocycles. The zero-order valence-electron chi connectivity index (χ0n) is 16.1. The highest BCUT2D eigenvalue weighted by molar-refractivity contribution is 7.92. The van der Waals surface area contributed by atoms with Gasteiger partial charge in [0.2, 0.25) is 10.0 Å². The monoisotopic (exact) mass is 404 g/mol. The molecule has 0 bridgehead atoms. The molecule has 0 saturated heterocycles. The van der Waals surface area contributed by atoms with Crippen molar-refractivity contribution in [2.45, 2.75) is 33.0 Å². The average molecular weight is 404 g/mol. The Morgan fingerprint density at radius 2 is 1.89 bits per heavy atom. The number of nitrogens with one attached hydrogen (secondary N) is 1. The lowest BCUT2D eigenvalue weighted by Crippen LogP contribution is -2.49. The molecule has 1 amide bonds. The number of carbonyl (C=O) groups excluding carboxylic acids is 1. The number of carbonyl (C=O) groups is 1. The van der Waals surface area contributed by atoms with Crippen molar-refractivity contribution in [3.05, 3.63) is 48.5 Å². The van der Waals surface area contributed by atoms with Gasteiger partial charge in [-0.05, 0) is 45.0 Å². The van der Waals surface area contributed by atoms with Crippen LogP contribution in [0.3, 0.4) is 0 Å². The van der Waals surface area contributed by atoms with Gasteiger partial charge in [-0.3, -0.25) is 9.10 Å². The van der Waals surface area contributed by atoms with Crippen LogP contribution in [0.4, 0.5) is 11.4 Å². The van der Waals surface area contributed by atoms with Crippen molar-refractivity contribution < 1.29 is 22.7 Å². The van der Waals surface area contributed by atoms with Gasteiger partial charge in [0.25, 0.3) is 5.91 Å². The quantitative estimate of drug-likeness (QED) is 0.800. The van der Waals surface area contributed by atoms with E-state index in [0.717, 1.165) is 0 Å². The maximum atomic E-state index is 12.9. The van der Waals surface area contributed by atoms with Crippen LogP contribution in [0.5, 0.6) is 11.5 Å². The van der Waals surface area contributed by atoms with E-state index in [4.69, 9.17) is 9.47 Å². The second-order valence-electron chi connectivity index (χ2n) is 6.66. The second kappa shape index (κ2) is 8.10. The van der Waals surface area contributed by atoms with Gasteiger partial charge >= 0.3 is 0 Å². The molecule has 7 nitrogen and oxygen atoms in total. The minimum Gasteiger partial charge on any atom is -0.489 e. The molecule has 2 aromatic rings. The van der Waals surface area contributed by atoms with Crippen molar-refractivity contribution in [2.75, 3.05) is 21.9 Å². The number of benzene rings is 2. The van der Waals surface area contributed by atoms with Crippen LogP contribution in [-0.4, -0.2) is 38.8 Å². The highest BCUT2D eigenvalue weighted by Gasteiger charge is 2.36. The summed E-state index contributed by atoms with van der Waals surface area (Å²) in [6.45, 7) is 5.27. The van der Waals surface area contributed by atoms with E-state index >= 15 is 0 Å². The number of nitrogens with zero attached hydrogens (tertiary/aromatic N) is 1. The Morgan fingerprint density at radius 3 is 2.61 bits per heavy atom. The van der Waals surface area contributed by atoms with Gasteiger partial charge in [0.05, 0.1) is 29.8 Å². The van der Waals surface area contributed by atoms with E-state index in [9.17, 15) is 13.2 Å². The topological polar surface area (TPSA) is 84.9 Å². The van der Waals surface area contributed by atoms with Crippen molar-refractivity contribution in [3.8, 4) is 11.5 Å². The minimum atomic E-state index is -3.55. The van der Waals surface area contributed by atoms with Crippen molar-refractivity contribution in [2.24, 2.45) is 0 Å². The fourth-order valence-corrected chi connectivity index (χ4v) is 4.02. The third-order valence-electron chi connectivity index (χ3n) is 4.24. The van der Waals surface area contributed by atoms with E-state index in [2.05, 4.69) is 5.32 Å². The predicted octanol–water partition coefficient (Wildman–Crippen LogP) is 3.03. The molecule has 28 heavy (non-hydrogen) atoms. The molecule has 1 unspecified atom stereocenters. The van der Waals surface area contributed by atoms with Crippen LogP contribution in [0.15, 0.2) is 48.5 Å². The van der Waals surface area contributed by atoms with Gasteiger partial charge < -0.3 is 14.8 Å². The zero-order valence-corrected chi connectivity index (χ0v) is 16.9. The number of amides is 1. The molecule has 1 aliphatic rings. The van der Waals surface area contributed by atoms with Crippen LogP contribution in [0, 0.1) is 0 Å². The van der Waals surface area contributed by atoms with E-state index in [0.29, 0.717) is 22.9 Å². The number of fused-ring (bicyclic) bond motifs is 1. The van der Waals surface area contributed by atoms with E-state index in [1.54, 1.807) is 49.4 Å². The number of rotatable bonds is 6. The molecule has 1 N–H and O–H groups in total. The van der Waals surface area contributed by atoms with Crippen LogP contribution in [-0.2, 0) is 14.8 Å². The standard InChI is InChI=1S/C20H24N2O5S/c1-4-28(24,25)22-13-19(27-18-12-8-6-10-16(18)22)20(23)21-15-9-5-7-11-17(15)26-14(2)3/h5-12,14,19H,4,13H2,1-3H3,(H,21,23). The van der Waals surface area contributed by atoms with Gasteiger partial charge in [-0.25, -0.2) is 8.42 Å².